The highest BCUT2D eigenvalue weighted by atomic mass is 32.2. The molecule has 1 aromatic heterocycles. The van der Waals surface area contributed by atoms with Crippen LogP contribution < -0.4 is 19.5 Å². The lowest BCUT2D eigenvalue weighted by molar-refractivity contribution is 0.405. The summed E-state index contributed by atoms with van der Waals surface area (Å²) in [5, 5.41) is 3.18. The molecule has 0 atom stereocenters. The standard InChI is InChI=1S/C20H21N3O4S/c1-14-5-4-6-17(11-14)28(24,25)23-20-10-7-15(13-21-20)22-18-12-16(26-2)8-9-19(18)27-3/h4-13,22H,1-3H3,(H,21,23). The molecule has 0 aliphatic rings. The van der Waals surface area contributed by atoms with Crippen molar-refractivity contribution in [2.24, 2.45) is 0 Å². The molecule has 1 heterocycles. The van der Waals surface area contributed by atoms with Crippen molar-refractivity contribution < 1.29 is 17.9 Å². The molecular weight excluding hydrogens is 378 g/mol. The van der Waals surface area contributed by atoms with Gasteiger partial charge in [-0.1, -0.05) is 12.1 Å². The number of nitrogens with zero attached hydrogens (tertiary/aromatic N) is 1. The maximum absolute atomic E-state index is 12.5. The zero-order valence-electron chi connectivity index (χ0n) is 15.8. The van der Waals surface area contributed by atoms with Crippen molar-refractivity contribution in [2.75, 3.05) is 24.3 Å². The summed E-state index contributed by atoms with van der Waals surface area (Å²) in [6.07, 6.45) is 1.53. The van der Waals surface area contributed by atoms with Gasteiger partial charge in [0.2, 0.25) is 0 Å². The molecule has 0 amide bonds. The first-order chi connectivity index (χ1) is 13.4. The van der Waals surface area contributed by atoms with Crippen LogP contribution in [0.4, 0.5) is 17.2 Å². The highest BCUT2D eigenvalue weighted by Gasteiger charge is 2.15. The highest BCUT2D eigenvalue weighted by molar-refractivity contribution is 7.92. The number of benzene rings is 2. The molecule has 0 saturated carbocycles. The zero-order chi connectivity index (χ0) is 20.1. The number of ether oxygens (including phenoxy) is 2. The van der Waals surface area contributed by atoms with Gasteiger partial charge in [0.1, 0.15) is 17.3 Å². The Morgan fingerprint density at radius 1 is 0.964 bits per heavy atom. The Balaban J connectivity index is 1.77. The van der Waals surface area contributed by atoms with Gasteiger partial charge in [0.15, 0.2) is 0 Å². The van der Waals surface area contributed by atoms with Gasteiger partial charge in [0.05, 0.1) is 36.7 Å². The van der Waals surface area contributed by atoms with Gasteiger partial charge in [0, 0.05) is 6.07 Å². The number of aromatic nitrogens is 1. The number of methoxy groups -OCH3 is 2. The van der Waals surface area contributed by atoms with Gasteiger partial charge in [-0.3, -0.25) is 4.72 Å². The van der Waals surface area contributed by atoms with E-state index in [1.807, 2.05) is 13.0 Å². The van der Waals surface area contributed by atoms with E-state index in [0.29, 0.717) is 22.9 Å². The number of pyridine rings is 1. The Hall–Kier alpha value is -3.26. The Morgan fingerprint density at radius 2 is 1.79 bits per heavy atom. The van der Waals surface area contributed by atoms with Crippen molar-refractivity contribution in [3.8, 4) is 11.5 Å². The van der Waals surface area contributed by atoms with E-state index in [1.165, 1.54) is 6.20 Å². The first-order valence-electron chi connectivity index (χ1n) is 8.46. The maximum Gasteiger partial charge on any atom is 0.263 e. The number of nitrogens with one attached hydrogen (secondary N) is 2. The predicted molar refractivity (Wildman–Crippen MR) is 109 cm³/mol. The van der Waals surface area contributed by atoms with Crippen LogP contribution in [0.2, 0.25) is 0 Å². The van der Waals surface area contributed by atoms with Crippen LogP contribution in [0.5, 0.6) is 11.5 Å². The summed E-state index contributed by atoms with van der Waals surface area (Å²) in [6, 6.07) is 15.4. The molecule has 2 N–H and O–H groups in total. The molecule has 0 saturated heterocycles. The van der Waals surface area contributed by atoms with Crippen LogP contribution in [-0.4, -0.2) is 27.6 Å². The summed E-state index contributed by atoms with van der Waals surface area (Å²) in [5.74, 6) is 1.55. The lowest BCUT2D eigenvalue weighted by atomic mass is 10.2. The quantitative estimate of drug-likeness (QED) is 0.625. The van der Waals surface area contributed by atoms with Crippen LogP contribution in [0, 0.1) is 6.92 Å². The van der Waals surface area contributed by atoms with E-state index in [4.69, 9.17) is 9.47 Å². The number of hydrogen-bond acceptors (Lipinski definition) is 6. The maximum atomic E-state index is 12.5. The third-order valence-corrected chi connectivity index (χ3v) is 5.34. The van der Waals surface area contributed by atoms with Gasteiger partial charge in [-0.05, 0) is 48.9 Å². The molecule has 2 aromatic carbocycles. The number of aryl methyl sites for hydroxylation is 1. The highest BCUT2D eigenvalue weighted by Crippen LogP contribution is 2.31. The van der Waals surface area contributed by atoms with Gasteiger partial charge in [-0.2, -0.15) is 0 Å². The molecule has 8 heteroatoms. The van der Waals surface area contributed by atoms with E-state index < -0.39 is 10.0 Å². The summed E-state index contributed by atoms with van der Waals surface area (Å²) in [6.45, 7) is 1.84. The number of rotatable bonds is 7. The molecule has 0 aliphatic heterocycles. The van der Waals surface area contributed by atoms with Crippen LogP contribution in [0.1, 0.15) is 5.56 Å². The Bertz CT molecular complexity index is 1070. The van der Waals surface area contributed by atoms with E-state index in [1.54, 1.807) is 62.8 Å². The summed E-state index contributed by atoms with van der Waals surface area (Å²) in [4.78, 5) is 4.37. The molecule has 0 radical (unpaired) electrons. The zero-order valence-corrected chi connectivity index (χ0v) is 16.6. The van der Waals surface area contributed by atoms with Crippen LogP contribution in [0.15, 0.2) is 65.7 Å². The molecule has 0 aliphatic carbocycles. The van der Waals surface area contributed by atoms with Crippen molar-refractivity contribution in [1.82, 2.24) is 4.98 Å². The average molecular weight is 399 g/mol. The van der Waals surface area contributed by atoms with Gasteiger partial charge in [0.25, 0.3) is 10.0 Å². The molecule has 146 valence electrons. The number of sulfonamides is 1. The third kappa shape index (κ3) is 4.52. The first kappa shape index (κ1) is 19.5. The number of hydrogen-bond donors (Lipinski definition) is 2. The van der Waals surface area contributed by atoms with Crippen LogP contribution >= 0.6 is 0 Å². The van der Waals surface area contributed by atoms with E-state index >= 15 is 0 Å². The molecule has 28 heavy (non-hydrogen) atoms. The molecule has 0 bridgehead atoms. The minimum absolute atomic E-state index is 0.192. The van der Waals surface area contributed by atoms with Gasteiger partial charge < -0.3 is 14.8 Å². The molecule has 3 aromatic rings. The lowest BCUT2D eigenvalue weighted by Crippen LogP contribution is -2.14. The normalized spacial score (nSPS) is 11.0. The summed E-state index contributed by atoms with van der Waals surface area (Å²) in [5.41, 5.74) is 2.24. The van der Waals surface area contributed by atoms with Crippen molar-refractivity contribution >= 4 is 27.2 Å². The van der Waals surface area contributed by atoms with E-state index in [-0.39, 0.29) is 10.7 Å². The first-order valence-corrected chi connectivity index (χ1v) is 9.94. The summed E-state index contributed by atoms with van der Waals surface area (Å²) >= 11 is 0. The van der Waals surface area contributed by atoms with E-state index in [0.717, 1.165) is 5.56 Å². The van der Waals surface area contributed by atoms with Gasteiger partial charge in [-0.25, -0.2) is 13.4 Å². The summed E-state index contributed by atoms with van der Waals surface area (Å²) < 4.78 is 38.0. The fraction of sp³-hybridized carbons (Fsp3) is 0.150. The molecule has 0 unspecified atom stereocenters. The van der Waals surface area contributed by atoms with Crippen LogP contribution in [0.3, 0.4) is 0 Å². The Kier molecular flexibility index (Phi) is 5.70. The fourth-order valence-electron chi connectivity index (χ4n) is 2.57. The third-order valence-electron chi connectivity index (χ3n) is 3.99. The second-order valence-electron chi connectivity index (χ2n) is 6.05. The molecule has 3 rings (SSSR count). The SMILES string of the molecule is COc1ccc(OC)c(Nc2ccc(NS(=O)(=O)c3cccc(C)c3)nc2)c1. The monoisotopic (exact) mass is 399 g/mol. The predicted octanol–water partition coefficient (Wildman–Crippen LogP) is 3.95. The lowest BCUT2D eigenvalue weighted by Gasteiger charge is -2.13. The van der Waals surface area contributed by atoms with E-state index in [2.05, 4.69) is 15.0 Å². The molecular formula is C20H21N3O4S. The smallest absolute Gasteiger partial charge is 0.263 e. The molecule has 7 nitrogen and oxygen atoms in total. The van der Waals surface area contributed by atoms with E-state index in [9.17, 15) is 8.42 Å². The fourth-order valence-corrected chi connectivity index (χ4v) is 3.69. The largest absolute Gasteiger partial charge is 0.497 e. The van der Waals surface area contributed by atoms with Crippen molar-refractivity contribution in [3.05, 3.63) is 66.4 Å². The second kappa shape index (κ2) is 8.18. The average Bonchev–Trinajstić information content (AvgIpc) is 2.69. The molecule has 0 fully saturated rings. The second-order valence-corrected chi connectivity index (χ2v) is 7.73. The van der Waals surface area contributed by atoms with Crippen LogP contribution in [-0.2, 0) is 10.0 Å². The molecule has 0 spiro atoms. The van der Waals surface area contributed by atoms with Crippen molar-refractivity contribution in [2.45, 2.75) is 11.8 Å². The minimum Gasteiger partial charge on any atom is -0.497 e. The van der Waals surface area contributed by atoms with Crippen molar-refractivity contribution in [1.29, 1.82) is 0 Å². The Morgan fingerprint density at radius 3 is 2.43 bits per heavy atom. The van der Waals surface area contributed by atoms with Crippen molar-refractivity contribution in [3.63, 3.8) is 0 Å². The number of anilines is 3. The minimum atomic E-state index is -3.70. The van der Waals surface area contributed by atoms with Gasteiger partial charge >= 0.3 is 0 Å². The summed E-state index contributed by atoms with van der Waals surface area (Å²) in [7, 11) is -0.533. The van der Waals surface area contributed by atoms with Gasteiger partial charge in [-0.15, -0.1) is 0 Å². The topological polar surface area (TPSA) is 89.5 Å². The van der Waals surface area contributed by atoms with Crippen LogP contribution in [0.25, 0.3) is 0 Å². The Labute approximate surface area is 164 Å².